The lowest BCUT2D eigenvalue weighted by Crippen LogP contribution is -2.39. The van der Waals surface area contributed by atoms with Crippen molar-refractivity contribution in [2.45, 2.75) is 13.5 Å². The maximum Gasteiger partial charge on any atom is 0.191 e. The normalized spacial score (nSPS) is 11.5. The van der Waals surface area contributed by atoms with Gasteiger partial charge in [0.2, 0.25) is 0 Å². The standard InChI is InChI=1S/C19H26N8O/c1-4-20-19(23-11-14-5-7-15(28-3)8-6-14)22-10-9-21-17-16-12-26-27(2)18(16)25-13-24-17/h5-8,12-13H,4,9-11H2,1-3H3,(H2,20,22,23)(H,21,24,25). The Hall–Kier alpha value is -3.36. The Labute approximate surface area is 164 Å². The van der Waals surface area contributed by atoms with Gasteiger partial charge in [0, 0.05) is 26.7 Å². The van der Waals surface area contributed by atoms with Gasteiger partial charge in [-0.05, 0) is 24.6 Å². The molecular weight excluding hydrogens is 356 g/mol. The average Bonchev–Trinajstić information content (AvgIpc) is 3.11. The fourth-order valence-electron chi connectivity index (χ4n) is 2.71. The van der Waals surface area contributed by atoms with Crippen LogP contribution in [0.15, 0.2) is 41.8 Å². The van der Waals surface area contributed by atoms with Gasteiger partial charge in [-0.3, -0.25) is 4.68 Å². The van der Waals surface area contributed by atoms with Gasteiger partial charge in [0.05, 0.1) is 25.2 Å². The summed E-state index contributed by atoms with van der Waals surface area (Å²) >= 11 is 0. The number of guanidine groups is 1. The van der Waals surface area contributed by atoms with Gasteiger partial charge in [0.25, 0.3) is 0 Å². The van der Waals surface area contributed by atoms with Gasteiger partial charge >= 0.3 is 0 Å². The van der Waals surface area contributed by atoms with Crippen LogP contribution in [-0.4, -0.2) is 52.5 Å². The molecule has 0 aliphatic heterocycles. The number of fused-ring (bicyclic) bond motifs is 1. The molecule has 148 valence electrons. The largest absolute Gasteiger partial charge is 0.497 e. The summed E-state index contributed by atoms with van der Waals surface area (Å²) in [6, 6.07) is 7.91. The average molecular weight is 382 g/mol. The van der Waals surface area contributed by atoms with E-state index in [4.69, 9.17) is 4.74 Å². The molecule has 0 spiro atoms. The van der Waals surface area contributed by atoms with E-state index in [9.17, 15) is 0 Å². The van der Waals surface area contributed by atoms with Crippen LogP contribution in [0.2, 0.25) is 0 Å². The lowest BCUT2D eigenvalue weighted by atomic mass is 10.2. The molecule has 2 aromatic heterocycles. The third-order valence-corrected chi connectivity index (χ3v) is 4.16. The Morgan fingerprint density at radius 1 is 1.14 bits per heavy atom. The van der Waals surface area contributed by atoms with E-state index in [1.807, 2.05) is 38.2 Å². The molecule has 0 fully saturated rings. The van der Waals surface area contributed by atoms with Crippen molar-refractivity contribution < 1.29 is 4.74 Å². The van der Waals surface area contributed by atoms with E-state index in [1.54, 1.807) is 24.3 Å². The third kappa shape index (κ3) is 4.87. The first-order valence-corrected chi connectivity index (χ1v) is 9.23. The van der Waals surface area contributed by atoms with Crippen LogP contribution >= 0.6 is 0 Å². The highest BCUT2D eigenvalue weighted by atomic mass is 16.5. The van der Waals surface area contributed by atoms with Crippen LogP contribution in [-0.2, 0) is 13.6 Å². The van der Waals surface area contributed by atoms with E-state index >= 15 is 0 Å². The number of aryl methyl sites for hydroxylation is 1. The van der Waals surface area contributed by atoms with Crippen molar-refractivity contribution in [2.75, 3.05) is 32.1 Å². The van der Waals surface area contributed by atoms with E-state index in [2.05, 4.69) is 36.0 Å². The summed E-state index contributed by atoms with van der Waals surface area (Å²) in [6.07, 6.45) is 3.31. The van der Waals surface area contributed by atoms with E-state index in [-0.39, 0.29) is 0 Å². The second kappa shape index (κ2) is 9.54. The summed E-state index contributed by atoms with van der Waals surface area (Å²) in [5.74, 6) is 2.39. The summed E-state index contributed by atoms with van der Waals surface area (Å²) in [5, 5.41) is 15.0. The lowest BCUT2D eigenvalue weighted by molar-refractivity contribution is 0.414. The fourth-order valence-corrected chi connectivity index (χ4v) is 2.71. The Kier molecular flexibility index (Phi) is 6.61. The molecule has 0 bridgehead atoms. The fraction of sp³-hybridized carbons (Fsp3) is 0.368. The van der Waals surface area contributed by atoms with Crippen molar-refractivity contribution in [1.82, 2.24) is 30.4 Å². The van der Waals surface area contributed by atoms with Crippen molar-refractivity contribution in [2.24, 2.45) is 12.0 Å². The van der Waals surface area contributed by atoms with Crippen molar-refractivity contribution in [1.29, 1.82) is 0 Å². The van der Waals surface area contributed by atoms with Crippen LogP contribution in [0.3, 0.4) is 0 Å². The topological polar surface area (TPSA) is 101 Å². The Morgan fingerprint density at radius 2 is 1.96 bits per heavy atom. The summed E-state index contributed by atoms with van der Waals surface area (Å²) in [5.41, 5.74) is 1.93. The molecule has 0 aliphatic rings. The SMILES string of the molecule is CCNC(=NCc1ccc(OC)cc1)NCCNc1ncnc2c1cnn2C. The van der Waals surface area contributed by atoms with Gasteiger partial charge < -0.3 is 20.7 Å². The number of nitrogens with one attached hydrogen (secondary N) is 3. The van der Waals surface area contributed by atoms with Crippen molar-refractivity contribution >= 4 is 22.8 Å². The van der Waals surface area contributed by atoms with Gasteiger partial charge in [-0.1, -0.05) is 12.1 Å². The first-order chi connectivity index (χ1) is 13.7. The highest BCUT2D eigenvalue weighted by Gasteiger charge is 2.07. The molecule has 1 aromatic carbocycles. The van der Waals surface area contributed by atoms with Crippen LogP contribution in [0.25, 0.3) is 11.0 Å². The number of hydrogen-bond donors (Lipinski definition) is 3. The first kappa shape index (κ1) is 19.4. The minimum absolute atomic E-state index is 0.592. The number of benzene rings is 1. The van der Waals surface area contributed by atoms with Crippen molar-refractivity contribution in [3.8, 4) is 5.75 Å². The predicted octanol–water partition coefficient (Wildman–Crippen LogP) is 1.54. The molecule has 9 nitrogen and oxygen atoms in total. The summed E-state index contributed by atoms with van der Waals surface area (Å²) in [4.78, 5) is 13.2. The second-order valence-electron chi connectivity index (χ2n) is 6.12. The number of anilines is 1. The molecule has 3 aromatic rings. The molecule has 3 N–H and O–H groups in total. The first-order valence-electron chi connectivity index (χ1n) is 9.23. The summed E-state index contributed by atoms with van der Waals surface area (Å²) in [6.45, 7) is 4.82. The van der Waals surface area contributed by atoms with Crippen LogP contribution in [0.1, 0.15) is 12.5 Å². The molecule has 0 saturated heterocycles. The van der Waals surface area contributed by atoms with Crippen LogP contribution in [0.4, 0.5) is 5.82 Å². The van der Waals surface area contributed by atoms with Gasteiger partial charge in [-0.2, -0.15) is 5.10 Å². The molecule has 0 amide bonds. The van der Waals surface area contributed by atoms with Crippen LogP contribution in [0.5, 0.6) is 5.75 Å². The number of aromatic nitrogens is 4. The molecule has 9 heteroatoms. The maximum absolute atomic E-state index is 5.18. The quantitative estimate of drug-likeness (QED) is 0.309. The molecule has 0 atom stereocenters. The maximum atomic E-state index is 5.18. The molecule has 0 saturated carbocycles. The molecular formula is C19H26N8O. The molecule has 0 unspecified atom stereocenters. The van der Waals surface area contributed by atoms with E-state index < -0.39 is 0 Å². The molecule has 0 aliphatic carbocycles. The van der Waals surface area contributed by atoms with E-state index in [1.165, 1.54) is 0 Å². The molecule has 2 heterocycles. The zero-order valence-electron chi connectivity index (χ0n) is 16.4. The van der Waals surface area contributed by atoms with Crippen molar-refractivity contribution in [3.63, 3.8) is 0 Å². The van der Waals surface area contributed by atoms with Crippen molar-refractivity contribution in [3.05, 3.63) is 42.4 Å². The number of hydrogen-bond acceptors (Lipinski definition) is 6. The molecule has 28 heavy (non-hydrogen) atoms. The zero-order chi connectivity index (χ0) is 19.8. The smallest absolute Gasteiger partial charge is 0.191 e. The Morgan fingerprint density at radius 3 is 2.71 bits per heavy atom. The summed E-state index contributed by atoms with van der Waals surface area (Å²) in [7, 11) is 3.53. The number of methoxy groups -OCH3 is 1. The third-order valence-electron chi connectivity index (χ3n) is 4.16. The van der Waals surface area contributed by atoms with Gasteiger partial charge in [0.1, 0.15) is 17.9 Å². The predicted molar refractivity (Wildman–Crippen MR) is 111 cm³/mol. The second-order valence-corrected chi connectivity index (χ2v) is 6.12. The minimum atomic E-state index is 0.592. The number of ether oxygens (including phenoxy) is 1. The highest BCUT2D eigenvalue weighted by Crippen LogP contribution is 2.17. The van der Waals surface area contributed by atoms with E-state index in [0.717, 1.165) is 40.7 Å². The van der Waals surface area contributed by atoms with Gasteiger partial charge in [-0.25, -0.2) is 15.0 Å². The van der Waals surface area contributed by atoms with Crippen LogP contribution < -0.4 is 20.7 Å². The molecule has 0 radical (unpaired) electrons. The van der Waals surface area contributed by atoms with Gasteiger partial charge in [-0.15, -0.1) is 0 Å². The number of aliphatic imine (C=N–C) groups is 1. The van der Waals surface area contributed by atoms with Gasteiger partial charge in [0.15, 0.2) is 11.6 Å². The van der Waals surface area contributed by atoms with Crippen LogP contribution in [0, 0.1) is 0 Å². The summed E-state index contributed by atoms with van der Waals surface area (Å²) < 4.78 is 6.91. The number of nitrogens with zero attached hydrogens (tertiary/aromatic N) is 5. The Balaban J connectivity index is 1.52. The minimum Gasteiger partial charge on any atom is -0.497 e. The monoisotopic (exact) mass is 382 g/mol. The molecule has 3 rings (SSSR count). The van der Waals surface area contributed by atoms with E-state index in [0.29, 0.717) is 19.6 Å². The Bertz CT molecular complexity index is 919. The lowest BCUT2D eigenvalue weighted by Gasteiger charge is -2.12. The zero-order valence-corrected chi connectivity index (χ0v) is 16.4. The number of rotatable bonds is 8. The highest BCUT2D eigenvalue weighted by molar-refractivity contribution is 5.86.